The van der Waals surface area contributed by atoms with E-state index in [1.807, 2.05) is 19.3 Å². The maximum atomic E-state index is 4.30. The third-order valence-corrected chi connectivity index (χ3v) is 3.61. The highest BCUT2D eigenvalue weighted by atomic mass is 14.9. The van der Waals surface area contributed by atoms with Crippen LogP contribution in [0.25, 0.3) is 0 Å². The standard InChI is InChI=1S/C13H20N2/c1-9-14-6-10(7-15-9)11-12(2,3)8-13(11,4)5/h6-7,11H,8H2,1-5H3. The zero-order valence-corrected chi connectivity index (χ0v) is 10.3. The molecular weight excluding hydrogens is 184 g/mol. The van der Waals surface area contributed by atoms with Crippen LogP contribution in [0.4, 0.5) is 0 Å². The lowest BCUT2D eigenvalue weighted by molar-refractivity contribution is -0.0233. The van der Waals surface area contributed by atoms with Crippen LogP contribution in [-0.4, -0.2) is 9.97 Å². The molecule has 1 heterocycles. The van der Waals surface area contributed by atoms with Crippen molar-refractivity contribution in [3.63, 3.8) is 0 Å². The number of aryl methyl sites for hydroxylation is 1. The van der Waals surface area contributed by atoms with Crippen LogP contribution in [0.5, 0.6) is 0 Å². The van der Waals surface area contributed by atoms with Crippen molar-refractivity contribution in [2.45, 2.75) is 47.0 Å². The highest BCUT2D eigenvalue weighted by Crippen LogP contribution is 2.63. The van der Waals surface area contributed by atoms with Gasteiger partial charge in [-0.05, 0) is 35.7 Å². The highest BCUT2D eigenvalue weighted by Gasteiger charge is 2.53. The molecule has 0 amide bonds. The van der Waals surface area contributed by atoms with Crippen LogP contribution in [0.3, 0.4) is 0 Å². The van der Waals surface area contributed by atoms with E-state index in [1.54, 1.807) is 0 Å². The van der Waals surface area contributed by atoms with Crippen molar-refractivity contribution in [1.29, 1.82) is 0 Å². The van der Waals surface area contributed by atoms with E-state index in [9.17, 15) is 0 Å². The second-order valence-corrected chi connectivity index (χ2v) is 6.15. The Hall–Kier alpha value is -0.920. The first-order valence-corrected chi connectivity index (χ1v) is 5.61. The Labute approximate surface area is 92.1 Å². The van der Waals surface area contributed by atoms with Crippen molar-refractivity contribution in [3.8, 4) is 0 Å². The van der Waals surface area contributed by atoms with Crippen LogP contribution in [0, 0.1) is 17.8 Å². The molecule has 1 saturated carbocycles. The summed E-state index contributed by atoms with van der Waals surface area (Å²) < 4.78 is 0. The maximum Gasteiger partial charge on any atom is 0.125 e. The van der Waals surface area contributed by atoms with Crippen LogP contribution in [0.15, 0.2) is 12.4 Å². The van der Waals surface area contributed by atoms with Crippen LogP contribution in [-0.2, 0) is 0 Å². The molecule has 0 saturated heterocycles. The van der Waals surface area contributed by atoms with Crippen molar-refractivity contribution in [2.75, 3.05) is 0 Å². The van der Waals surface area contributed by atoms with Crippen molar-refractivity contribution >= 4 is 0 Å². The first-order valence-electron chi connectivity index (χ1n) is 5.61. The van der Waals surface area contributed by atoms with Crippen LogP contribution >= 0.6 is 0 Å². The predicted molar refractivity (Wildman–Crippen MR) is 61.7 cm³/mol. The van der Waals surface area contributed by atoms with Crippen LogP contribution < -0.4 is 0 Å². The van der Waals surface area contributed by atoms with Gasteiger partial charge in [0.25, 0.3) is 0 Å². The molecule has 2 heteroatoms. The fourth-order valence-electron chi connectivity index (χ4n) is 3.76. The molecule has 0 spiro atoms. The Morgan fingerprint density at radius 1 is 1.07 bits per heavy atom. The Kier molecular flexibility index (Phi) is 2.14. The van der Waals surface area contributed by atoms with Gasteiger partial charge in [-0.1, -0.05) is 27.7 Å². The Bertz CT molecular complexity index is 349. The van der Waals surface area contributed by atoms with E-state index in [-0.39, 0.29) is 0 Å². The second kappa shape index (κ2) is 3.03. The van der Waals surface area contributed by atoms with Gasteiger partial charge in [0.1, 0.15) is 5.82 Å². The Balaban J connectivity index is 2.34. The molecule has 15 heavy (non-hydrogen) atoms. The minimum absolute atomic E-state index is 0.391. The average molecular weight is 204 g/mol. The molecule has 0 aliphatic heterocycles. The molecule has 1 fully saturated rings. The Morgan fingerprint density at radius 3 is 1.93 bits per heavy atom. The quantitative estimate of drug-likeness (QED) is 0.701. The molecule has 0 N–H and O–H groups in total. The van der Waals surface area contributed by atoms with E-state index in [0.29, 0.717) is 16.7 Å². The predicted octanol–water partition coefficient (Wildman–Crippen LogP) is 3.32. The van der Waals surface area contributed by atoms with E-state index in [2.05, 4.69) is 37.7 Å². The van der Waals surface area contributed by atoms with Crippen LogP contribution in [0.2, 0.25) is 0 Å². The molecule has 1 aliphatic carbocycles. The lowest BCUT2D eigenvalue weighted by atomic mass is 9.46. The van der Waals surface area contributed by atoms with E-state index in [1.165, 1.54) is 12.0 Å². The van der Waals surface area contributed by atoms with Gasteiger partial charge in [0, 0.05) is 12.4 Å². The third kappa shape index (κ3) is 1.66. The summed E-state index contributed by atoms with van der Waals surface area (Å²) in [5.41, 5.74) is 2.08. The highest BCUT2D eigenvalue weighted by molar-refractivity contribution is 5.24. The molecule has 1 aliphatic rings. The van der Waals surface area contributed by atoms with Gasteiger partial charge in [-0.2, -0.15) is 0 Å². The molecule has 0 aromatic carbocycles. The molecule has 0 bridgehead atoms. The summed E-state index contributed by atoms with van der Waals surface area (Å²) >= 11 is 0. The number of hydrogen-bond acceptors (Lipinski definition) is 2. The summed E-state index contributed by atoms with van der Waals surface area (Å²) in [5, 5.41) is 0. The van der Waals surface area contributed by atoms with Gasteiger partial charge in [0.15, 0.2) is 0 Å². The third-order valence-electron chi connectivity index (χ3n) is 3.61. The van der Waals surface area contributed by atoms with E-state index in [4.69, 9.17) is 0 Å². The van der Waals surface area contributed by atoms with Gasteiger partial charge in [0.2, 0.25) is 0 Å². The molecule has 1 aromatic rings. The molecule has 0 unspecified atom stereocenters. The van der Waals surface area contributed by atoms with Crippen molar-refractivity contribution in [2.24, 2.45) is 10.8 Å². The summed E-state index contributed by atoms with van der Waals surface area (Å²) in [7, 11) is 0. The van der Waals surface area contributed by atoms with Gasteiger partial charge in [-0.25, -0.2) is 9.97 Å². The number of nitrogens with zero attached hydrogens (tertiary/aromatic N) is 2. The monoisotopic (exact) mass is 204 g/mol. The summed E-state index contributed by atoms with van der Waals surface area (Å²) in [6.07, 6.45) is 5.27. The lowest BCUT2D eigenvalue weighted by Gasteiger charge is -2.58. The molecule has 2 rings (SSSR count). The molecule has 0 radical (unpaired) electrons. The SMILES string of the molecule is Cc1ncc(C2C(C)(C)CC2(C)C)cn1. The molecule has 1 aromatic heterocycles. The fourth-order valence-corrected chi connectivity index (χ4v) is 3.76. The van der Waals surface area contributed by atoms with Crippen LogP contribution in [0.1, 0.15) is 51.4 Å². The zero-order chi connectivity index (χ0) is 11.3. The molecule has 0 atom stereocenters. The van der Waals surface area contributed by atoms with Gasteiger partial charge in [-0.3, -0.25) is 0 Å². The minimum Gasteiger partial charge on any atom is -0.241 e. The van der Waals surface area contributed by atoms with Gasteiger partial charge in [0.05, 0.1) is 0 Å². The summed E-state index contributed by atoms with van der Waals surface area (Å²) in [6.45, 7) is 11.3. The second-order valence-electron chi connectivity index (χ2n) is 6.15. The molecule has 2 nitrogen and oxygen atoms in total. The lowest BCUT2D eigenvalue weighted by Crippen LogP contribution is -2.48. The number of rotatable bonds is 1. The number of hydrogen-bond donors (Lipinski definition) is 0. The van der Waals surface area contributed by atoms with Gasteiger partial charge in [-0.15, -0.1) is 0 Å². The minimum atomic E-state index is 0.391. The average Bonchev–Trinajstić information content (AvgIpc) is 2.05. The fraction of sp³-hybridized carbons (Fsp3) is 0.692. The van der Waals surface area contributed by atoms with Crippen molar-refractivity contribution in [3.05, 3.63) is 23.8 Å². The zero-order valence-electron chi connectivity index (χ0n) is 10.3. The van der Waals surface area contributed by atoms with E-state index in [0.717, 1.165) is 5.82 Å². The van der Waals surface area contributed by atoms with E-state index < -0.39 is 0 Å². The number of aromatic nitrogens is 2. The molecule has 82 valence electrons. The smallest absolute Gasteiger partial charge is 0.125 e. The Morgan fingerprint density at radius 2 is 1.53 bits per heavy atom. The normalized spacial score (nSPS) is 23.5. The molecular formula is C13H20N2. The maximum absolute atomic E-state index is 4.30. The van der Waals surface area contributed by atoms with E-state index >= 15 is 0 Å². The van der Waals surface area contributed by atoms with Crippen molar-refractivity contribution < 1.29 is 0 Å². The largest absolute Gasteiger partial charge is 0.241 e. The summed E-state index contributed by atoms with van der Waals surface area (Å²) in [6, 6.07) is 0. The first-order chi connectivity index (χ1) is 6.83. The van der Waals surface area contributed by atoms with Crippen molar-refractivity contribution in [1.82, 2.24) is 9.97 Å². The summed E-state index contributed by atoms with van der Waals surface area (Å²) in [4.78, 5) is 8.60. The topological polar surface area (TPSA) is 25.8 Å². The van der Waals surface area contributed by atoms with Gasteiger partial charge >= 0.3 is 0 Å². The first kappa shape index (κ1) is 10.6. The van der Waals surface area contributed by atoms with Gasteiger partial charge < -0.3 is 0 Å². The summed E-state index contributed by atoms with van der Waals surface area (Å²) in [5.74, 6) is 1.44.